The summed E-state index contributed by atoms with van der Waals surface area (Å²) in [5.74, 6) is -0.831. The molecule has 3 aromatic rings. The fraction of sp³-hybridized carbons (Fsp3) is 0.412. The van der Waals surface area contributed by atoms with Crippen LogP contribution in [-0.4, -0.2) is 47.2 Å². The summed E-state index contributed by atoms with van der Waals surface area (Å²) in [6.45, 7) is 1.95. The Kier molecular flexibility index (Phi) is 11.6. The van der Waals surface area contributed by atoms with Crippen molar-refractivity contribution in [2.75, 3.05) is 13.2 Å². The van der Waals surface area contributed by atoms with E-state index >= 15 is 0 Å². The van der Waals surface area contributed by atoms with E-state index in [9.17, 15) is 46.0 Å². The predicted molar refractivity (Wildman–Crippen MR) is 162 cm³/mol. The van der Waals surface area contributed by atoms with Crippen molar-refractivity contribution >= 4 is 12.1 Å². The molecule has 4 rings (SSSR count). The zero-order chi connectivity index (χ0) is 36.0. The third-order valence-electron chi connectivity index (χ3n) is 8.41. The Bertz CT molecular complexity index is 1570. The van der Waals surface area contributed by atoms with Crippen molar-refractivity contribution in [3.05, 3.63) is 117 Å². The SMILES string of the molecule is CCOC(=O)C[C@@H]1[C@@H]([N+](=O)[O-])CCC(CO[C@H](C)c2cc(C(F)(F)F)cc(C(F)(F)F)c2)(c2ccccc2)N1C(=O)OCc1ccccc1. The minimum absolute atomic E-state index is 0.00498. The fourth-order valence-corrected chi connectivity index (χ4v) is 5.98. The van der Waals surface area contributed by atoms with E-state index in [0.29, 0.717) is 23.3 Å². The maximum Gasteiger partial charge on any atom is 0.416 e. The molecule has 1 aliphatic heterocycles. The lowest BCUT2D eigenvalue weighted by atomic mass is 9.76. The zero-order valence-corrected chi connectivity index (χ0v) is 26.5. The number of carbonyl (C=O) groups is 2. The molecular formula is C34H34F6N2O7. The lowest BCUT2D eigenvalue weighted by Gasteiger charge is -2.51. The van der Waals surface area contributed by atoms with E-state index in [1.54, 1.807) is 60.7 Å². The second kappa shape index (κ2) is 15.3. The van der Waals surface area contributed by atoms with Gasteiger partial charge in [-0.1, -0.05) is 60.7 Å². The van der Waals surface area contributed by atoms with Crippen molar-refractivity contribution in [2.45, 2.75) is 75.8 Å². The Labute approximate surface area is 277 Å². The zero-order valence-electron chi connectivity index (χ0n) is 26.5. The van der Waals surface area contributed by atoms with Gasteiger partial charge < -0.3 is 14.2 Å². The molecule has 1 saturated heterocycles. The molecule has 1 amide bonds. The van der Waals surface area contributed by atoms with Gasteiger partial charge in [-0.2, -0.15) is 26.3 Å². The normalized spacial score (nSPS) is 20.4. The molecular weight excluding hydrogens is 662 g/mol. The van der Waals surface area contributed by atoms with Crippen LogP contribution in [0.25, 0.3) is 0 Å². The first-order valence-electron chi connectivity index (χ1n) is 15.3. The predicted octanol–water partition coefficient (Wildman–Crippen LogP) is 8.10. The molecule has 264 valence electrons. The van der Waals surface area contributed by atoms with Crippen molar-refractivity contribution in [3.8, 4) is 0 Å². The van der Waals surface area contributed by atoms with Gasteiger partial charge in [-0.25, -0.2) is 4.79 Å². The number of hydrogen-bond acceptors (Lipinski definition) is 7. The highest BCUT2D eigenvalue weighted by Crippen LogP contribution is 2.45. The molecule has 0 bridgehead atoms. The van der Waals surface area contributed by atoms with Gasteiger partial charge in [0.2, 0.25) is 6.04 Å². The third-order valence-corrected chi connectivity index (χ3v) is 8.41. The summed E-state index contributed by atoms with van der Waals surface area (Å²) in [7, 11) is 0. The topological polar surface area (TPSA) is 108 Å². The number of esters is 1. The highest BCUT2D eigenvalue weighted by Gasteiger charge is 2.56. The molecule has 1 heterocycles. The van der Waals surface area contributed by atoms with Crippen LogP contribution in [0.5, 0.6) is 0 Å². The largest absolute Gasteiger partial charge is 0.466 e. The van der Waals surface area contributed by atoms with Gasteiger partial charge in [0.15, 0.2) is 0 Å². The first kappa shape index (κ1) is 37.2. The van der Waals surface area contributed by atoms with Crippen LogP contribution in [-0.2, 0) is 43.5 Å². The number of alkyl halides is 6. The Morgan fingerprint density at radius 3 is 2.04 bits per heavy atom. The van der Waals surface area contributed by atoms with Crippen molar-refractivity contribution in [1.29, 1.82) is 0 Å². The maximum absolute atomic E-state index is 14.1. The van der Waals surface area contributed by atoms with Crippen LogP contribution in [0.4, 0.5) is 31.1 Å². The van der Waals surface area contributed by atoms with Crippen LogP contribution >= 0.6 is 0 Å². The monoisotopic (exact) mass is 696 g/mol. The van der Waals surface area contributed by atoms with Gasteiger partial charge in [-0.3, -0.25) is 19.8 Å². The summed E-state index contributed by atoms with van der Waals surface area (Å²) in [4.78, 5) is 39.7. The van der Waals surface area contributed by atoms with Gasteiger partial charge in [-0.05, 0) is 55.2 Å². The number of rotatable bonds is 11. The number of carbonyl (C=O) groups excluding carboxylic acids is 2. The minimum Gasteiger partial charge on any atom is -0.466 e. The number of nitrogens with zero attached hydrogens (tertiary/aromatic N) is 2. The quantitative estimate of drug-likeness (QED) is 0.0863. The summed E-state index contributed by atoms with van der Waals surface area (Å²) in [5.41, 5.74) is -4.15. The van der Waals surface area contributed by atoms with Crippen molar-refractivity contribution < 1.29 is 55.1 Å². The molecule has 9 nitrogen and oxygen atoms in total. The molecule has 49 heavy (non-hydrogen) atoms. The molecule has 0 spiro atoms. The number of piperidine rings is 1. The number of hydrogen-bond donors (Lipinski definition) is 0. The molecule has 1 unspecified atom stereocenters. The average Bonchev–Trinajstić information content (AvgIpc) is 3.06. The van der Waals surface area contributed by atoms with E-state index in [-0.39, 0.29) is 32.1 Å². The summed E-state index contributed by atoms with van der Waals surface area (Å²) < 4.78 is 98.6. The van der Waals surface area contributed by atoms with Gasteiger partial charge in [-0.15, -0.1) is 0 Å². The maximum atomic E-state index is 14.1. The minimum atomic E-state index is -5.10. The molecule has 0 saturated carbocycles. The molecule has 4 atom stereocenters. The van der Waals surface area contributed by atoms with Crippen LogP contribution in [0.15, 0.2) is 78.9 Å². The van der Waals surface area contributed by atoms with E-state index in [1.807, 2.05) is 0 Å². The number of benzene rings is 3. The number of ether oxygens (including phenoxy) is 3. The summed E-state index contributed by atoms with van der Waals surface area (Å²) in [6, 6.07) is 14.8. The van der Waals surface area contributed by atoms with Crippen LogP contribution in [0.2, 0.25) is 0 Å². The summed E-state index contributed by atoms with van der Waals surface area (Å²) >= 11 is 0. The van der Waals surface area contributed by atoms with Gasteiger partial charge in [0.25, 0.3) is 0 Å². The first-order valence-corrected chi connectivity index (χ1v) is 15.3. The Balaban J connectivity index is 1.81. The Morgan fingerprint density at radius 1 is 0.939 bits per heavy atom. The summed E-state index contributed by atoms with van der Waals surface area (Å²) in [6.07, 6.45) is -13.5. The Morgan fingerprint density at radius 2 is 1.51 bits per heavy atom. The second-order valence-electron chi connectivity index (χ2n) is 11.6. The standard InChI is InChI=1S/C34H34F6N2O7/c1-3-47-30(43)19-29-28(42(45)46)14-15-32(25-12-8-5-9-13-25,41(29)31(44)48-20-23-10-6-4-7-11-23)21-49-22(2)24-16-26(33(35,36)37)18-27(17-24)34(38,39)40/h4-13,16-18,22,28-29H,3,14-15,19-21H2,1-2H3/t22-,28+,29-,32?/m1/s1. The van der Waals surface area contributed by atoms with E-state index < -0.39 is 82.8 Å². The van der Waals surface area contributed by atoms with Crippen molar-refractivity contribution in [2.24, 2.45) is 0 Å². The van der Waals surface area contributed by atoms with Gasteiger partial charge >= 0.3 is 24.4 Å². The van der Waals surface area contributed by atoms with Gasteiger partial charge in [0, 0.05) is 11.3 Å². The van der Waals surface area contributed by atoms with Crippen LogP contribution in [0.3, 0.4) is 0 Å². The lowest BCUT2D eigenvalue weighted by molar-refractivity contribution is -0.536. The van der Waals surface area contributed by atoms with Crippen LogP contribution in [0.1, 0.15) is 67.0 Å². The van der Waals surface area contributed by atoms with Crippen LogP contribution in [0, 0.1) is 10.1 Å². The van der Waals surface area contributed by atoms with Crippen LogP contribution < -0.4 is 0 Å². The number of amides is 1. The second-order valence-corrected chi connectivity index (χ2v) is 11.6. The molecule has 15 heteroatoms. The highest BCUT2D eigenvalue weighted by molar-refractivity contribution is 5.74. The van der Waals surface area contributed by atoms with Crippen molar-refractivity contribution in [3.63, 3.8) is 0 Å². The number of halogens is 6. The first-order chi connectivity index (χ1) is 23.1. The third kappa shape index (κ3) is 8.88. The molecule has 0 aromatic heterocycles. The average molecular weight is 697 g/mol. The number of nitro groups is 1. The van der Waals surface area contributed by atoms with Crippen molar-refractivity contribution in [1.82, 2.24) is 4.90 Å². The fourth-order valence-electron chi connectivity index (χ4n) is 5.98. The van der Waals surface area contributed by atoms with E-state index in [0.717, 1.165) is 4.90 Å². The highest BCUT2D eigenvalue weighted by atomic mass is 19.4. The number of likely N-dealkylation sites (tertiary alicyclic amines) is 1. The Hall–Kier alpha value is -4.66. The molecule has 0 N–H and O–H groups in total. The smallest absolute Gasteiger partial charge is 0.416 e. The molecule has 1 aliphatic rings. The molecule has 0 radical (unpaired) electrons. The molecule has 3 aromatic carbocycles. The van der Waals surface area contributed by atoms with Gasteiger partial charge in [0.1, 0.15) is 12.6 Å². The molecule has 1 fully saturated rings. The van der Waals surface area contributed by atoms with E-state index in [2.05, 4.69) is 0 Å². The van der Waals surface area contributed by atoms with Gasteiger partial charge in [0.05, 0.1) is 42.4 Å². The lowest BCUT2D eigenvalue weighted by Crippen LogP contribution is -2.65. The molecule has 0 aliphatic carbocycles. The van der Waals surface area contributed by atoms with E-state index in [1.165, 1.54) is 13.8 Å². The summed E-state index contributed by atoms with van der Waals surface area (Å²) in [5, 5.41) is 12.3. The van der Waals surface area contributed by atoms with E-state index in [4.69, 9.17) is 14.2 Å².